The first kappa shape index (κ1) is 21.7. The highest BCUT2D eigenvalue weighted by atomic mass is 16.5. The molecule has 7 nitrogen and oxygen atoms in total. The van der Waals surface area contributed by atoms with E-state index >= 15 is 0 Å². The van der Waals surface area contributed by atoms with Crippen LogP contribution < -0.4 is 20.7 Å². The molecule has 0 aromatic heterocycles. The number of nitriles is 1. The van der Waals surface area contributed by atoms with Crippen molar-refractivity contribution in [3.8, 4) is 11.8 Å². The first-order valence-corrected chi connectivity index (χ1v) is 9.86. The van der Waals surface area contributed by atoms with E-state index in [1.165, 1.54) is 6.20 Å². The van der Waals surface area contributed by atoms with Crippen molar-refractivity contribution < 1.29 is 9.53 Å². The van der Waals surface area contributed by atoms with Gasteiger partial charge in [-0.15, -0.1) is 0 Å². The lowest BCUT2D eigenvalue weighted by Gasteiger charge is -2.26. The smallest absolute Gasteiger partial charge is 0.263 e. The van der Waals surface area contributed by atoms with Crippen LogP contribution in [0.25, 0.3) is 0 Å². The van der Waals surface area contributed by atoms with Crippen LogP contribution in [0.5, 0.6) is 5.75 Å². The van der Waals surface area contributed by atoms with Crippen molar-refractivity contribution in [2.24, 2.45) is 0 Å². The lowest BCUT2D eigenvalue weighted by atomic mass is 10.0. The molecule has 1 aromatic rings. The predicted octanol–water partition coefficient (Wildman–Crippen LogP) is 1.47. The van der Waals surface area contributed by atoms with Crippen LogP contribution in [0.15, 0.2) is 30.0 Å². The molecule has 1 amide bonds. The number of hydrogen-bond donors (Lipinski definition) is 3. The molecule has 1 aromatic carbocycles. The van der Waals surface area contributed by atoms with Gasteiger partial charge in [-0.3, -0.25) is 9.69 Å². The van der Waals surface area contributed by atoms with Crippen LogP contribution in [-0.2, 0) is 4.79 Å². The summed E-state index contributed by atoms with van der Waals surface area (Å²) in [6.07, 6.45) is 1.50. The van der Waals surface area contributed by atoms with E-state index in [0.717, 1.165) is 49.6 Å². The Morgan fingerprint density at radius 3 is 2.86 bits per heavy atom. The molecule has 1 fully saturated rings. The molecule has 0 spiro atoms. The summed E-state index contributed by atoms with van der Waals surface area (Å²) in [5.74, 6) is 0.353. The van der Waals surface area contributed by atoms with Gasteiger partial charge < -0.3 is 20.7 Å². The standard InChI is InChI=1S/C21H31N5O2/c1-4-28-20-6-5-16(2)13-19(20)17(3)25-21(27)18(14-22)15-24-9-12-26-10-7-23-8-11-26/h5-6,13,15,17,23-24H,4,7-12H2,1-3H3,(H,25,27)/b18-15-. The van der Waals surface area contributed by atoms with Gasteiger partial charge in [-0.1, -0.05) is 17.7 Å². The van der Waals surface area contributed by atoms with Gasteiger partial charge in [-0.05, 0) is 26.8 Å². The summed E-state index contributed by atoms with van der Waals surface area (Å²) < 4.78 is 5.67. The molecule has 152 valence electrons. The maximum atomic E-state index is 12.5. The molecular weight excluding hydrogens is 354 g/mol. The maximum Gasteiger partial charge on any atom is 0.263 e. The fourth-order valence-corrected chi connectivity index (χ4v) is 3.13. The summed E-state index contributed by atoms with van der Waals surface area (Å²) in [4.78, 5) is 14.9. The zero-order valence-corrected chi connectivity index (χ0v) is 17.0. The second-order valence-electron chi connectivity index (χ2n) is 6.89. The first-order valence-electron chi connectivity index (χ1n) is 9.86. The van der Waals surface area contributed by atoms with Gasteiger partial charge in [0.15, 0.2) is 0 Å². The third-order valence-corrected chi connectivity index (χ3v) is 4.67. The van der Waals surface area contributed by atoms with Gasteiger partial charge in [-0.25, -0.2) is 0 Å². The molecule has 2 rings (SSSR count). The summed E-state index contributed by atoms with van der Waals surface area (Å²) in [5, 5.41) is 18.6. The van der Waals surface area contributed by atoms with Crippen molar-refractivity contribution in [2.45, 2.75) is 26.8 Å². The zero-order valence-electron chi connectivity index (χ0n) is 17.0. The number of amides is 1. The molecular formula is C21H31N5O2. The van der Waals surface area contributed by atoms with Crippen molar-refractivity contribution in [1.82, 2.24) is 20.9 Å². The van der Waals surface area contributed by atoms with Crippen molar-refractivity contribution in [2.75, 3.05) is 45.9 Å². The second kappa shape index (κ2) is 11.3. The van der Waals surface area contributed by atoms with E-state index in [9.17, 15) is 10.1 Å². The summed E-state index contributed by atoms with van der Waals surface area (Å²) >= 11 is 0. The topological polar surface area (TPSA) is 89.4 Å². The number of ether oxygens (including phenoxy) is 1. The van der Waals surface area contributed by atoms with Gasteiger partial charge >= 0.3 is 0 Å². The Kier molecular flexibility index (Phi) is 8.79. The summed E-state index contributed by atoms with van der Waals surface area (Å²) in [5.41, 5.74) is 2.06. The molecule has 0 radical (unpaired) electrons. The van der Waals surface area contributed by atoms with Crippen LogP contribution >= 0.6 is 0 Å². The third kappa shape index (κ3) is 6.55. The molecule has 1 aliphatic rings. The van der Waals surface area contributed by atoms with Crippen LogP contribution in [0, 0.1) is 18.3 Å². The van der Waals surface area contributed by atoms with Crippen molar-refractivity contribution >= 4 is 5.91 Å². The fraction of sp³-hybridized carbons (Fsp3) is 0.524. The molecule has 0 saturated carbocycles. The number of piperazine rings is 1. The van der Waals surface area contributed by atoms with Crippen molar-refractivity contribution in [3.05, 3.63) is 41.1 Å². The minimum Gasteiger partial charge on any atom is -0.494 e. The highest BCUT2D eigenvalue weighted by molar-refractivity contribution is 5.97. The number of carbonyl (C=O) groups is 1. The van der Waals surface area contributed by atoms with Crippen LogP contribution in [0.2, 0.25) is 0 Å². The molecule has 0 bridgehead atoms. The summed E-state index contributed by atoms with van der Waals surface area (Å²) in [6.45, 7) is 12.0. The number of rotatable bonds is 9. The Morgan fingerprint density at radius 2 is 2.18 bits per heavy atom. The molecule has 1 saturated heterocycles. The fourth-order valence-electron chi connectivity index (χ4n) is 3.13. The Bertz CT molecular complexity index is 720. The van der Waals surface area contributed by atoms with Crippen molar-refractivity contribution in [3.63, 3.8) is 0 Å². The molecule has 1 atom stereocenters. The number of aryl methyl sites for hydroxylation is 1. The number of nitrogens with one attached hydrogen (secondary N) is 3. The van der Waals surface area contributed by atoms with Gasteiger partial charge in [0.2, 0.25) is 0 Å². The number of benzene rings is 1. The Morgan fingerprint density at radius 1 is 1.43 bits per heavy atom. The predicted molar refractivity (Wildman–Crippen MR) is 110 cm³/mol. The van der Waals surface area contributed by atoms with E-state index in [1.807, 2.05) is 45.0 Å². The zero-order chi connectivity index (χ0) is 20.4. The average Bonchev–Trinajstić information content (AvgIpc) is 2.70. The van der Waals surface area contributed by atoms with Crippen molar-refractivity contribution in [1.29, 1.82) is 5.26 Å². The van der Waals surface area contributed by atoms with Gasteiger partial charge in [0, 0.05) is 51.0 Å². The van der Waals surface area contributed by atoms with Crippen LogP contribution in [-0.4, -0.2) is 56.7 Å². The lowest BCUT2D eigenvalue weighted by molar-refractivity contribution is -0.117. The normalized spacial score (nSPS) is 16.1. The quantitative estimate of drug-likeness (QED) is 0.339. The SMILES string of the molecule is CCOc1ccc(C)cc1C(C)NC(=O)/C(C#N)=C\NCCN1CCNCC1. The Labute approximate surface area is 167 Å². The van der Waals surface area contributed by atoms with E-state index < -0.39 is 5.91 Å². The van der Waals surface area contributed by atoms with E-state index in [2.05, 4.69) is 20.9 Å². The largest absolute Gasteiger partial charge is 0.494 e. The van der Waals surface area contributed by atoms with E-state index in [1.54, 1.807) is 0 Å². The number of carbonyl (C=O) groups excluding carboxylic acids is 1. The van der Waals surface area contributed by atoms with Crippen LogP contribution in [0.1, 0.15) is 31.0 Å². The summed E-state index contributed by atoms with van der Waals surface area (Å²) in [6, 6.07) is 7.60. The molecule has 3 N–H and O–H groups in total. The lowest BCUT2D eigenvalue weighted by Crippen LogP contribution is -2.45. The van der Waals surface area contributed by atoms with Gasteiger partial charge in [0.25, 0.3) is 5.91 Å². The molecule has 1 aliphatic heterocycles. The minimum absolute atomic E-state index is 0.0674. The molecule has 1 unspecified atom stereocenters. The van der Waals surface area contributed by atoms with E-state index in [0.29, 0.717) is 13.2 Å². The van der Waals surface area contributed by atoms with E-state index in [-0.39, 0.29) is 11.6 Å². The minimum atomic E-state index is -0.395. The third-order valence-electron chi connectivity index (χ3n) is 4.67. The van der Waals surface area contributed by atoms with E-state index in [4.69, 9.17) is 4.74 Å². The second-order valence-corrected chi connectivity index (χ2v) is 6.89. The summed E-state index contributed by atoms with van der Waals surface area (Å²) in [7, 11) is 0. The van der Waals surface area contributed by atoms with Crippen LogP contribution in [0.4, 0.5) is 0 Å². The number of nitrogens with zero attached hydrogens (tertiary/aromatic N) is 2. The van der Waals surface area contributed by atoms with Gasteiger partial charge in [0.1, 0.15) is 17.4 Å². The number of hydrogen-bond acceptors (Lipinski definition) is 6. The average molecular weight is 386 g/mol. The molecule has 7 heteroatoms. The Balaban J connectivity index is 1.91. The van der Waals surface area contributed by atoms with Gasteiger partial charge in [-0.2, -0.15) is 5.26 Å². The monoisotopic (exact) mass is 385 g/mol. The van der Waals surface area contributed by atoms with Crippen LogP contribution in [0.3, 0.4) is 0 Å². The Hall–Kier alpha value is -2.56. The highest BCUT2D eigenvalue weighted by Gasteiger charge is 2.17. The molecule has 0 aliphatic carbocycles. The van der Waals surface area contributed by atoms with Gasteiger partial charge in [0.05, 0.1) is 12.6 Å². The maximum absolute atomic E-state index is 12.5. The highest BCUT2D eigenvalue weighted by Crippen LogP contribution is 2.26. The molecule has 1 heterocycles. The first-order chi connectivity index (χ1) is 13.5. The molecule has 28 heavy (non-hydrogen) atoms.